The third kappa shape index (κ3) is 1.13. The number of rotatable bonds is 0. The minimum absolute atomic E-state index is 0.263. The molecular formula is C10H17NO. The van der Waals surface area contributed by atoms with Gasteiger partial charge in [0.1, 0.15) is 0 Å². The molecule has 2 aliphatic rings. The molecule has 0 radical (unpaired) electrons. The van der Waals surface area contributed by atoms with Crippen LogP contribution in [0.5, 0.6) is 0 Å². The second kappa shape index (κ2) is 2.75. The van der Waals surface area contributed by atoms with Gasteiger partial charge in [-0.3, -0.25) is 4.79 Å². The predicted octanol–water partition coefficient (Wildman–Crippen LogP) is 1.51. The van der Waals surface area contributed by atoms with Gasteiger partial charge >= 0.3 is 0 Å². The van der Waals surface area contributed by atoms with Gasteiger partial charge in [-0.1, -0.05) is 6.92 Å². The molecule has 2 rings (SSSR count). The minimum atomic E-state index is 0.263. The normalized spacial score (nSPS) is 40.2. The fraction of sp³-hybridized carbons (Fsp3) is 0.900. The Kier molecular flexibility index (Phi) is 1.85. The Bertz CT molecular complexity index is 188. The summed E-state index contributed by atoms with van der Waals surface area (Å²) in [6, 6.07) is 0. The van der Waals surface area contributed by atoms with Crippen LogP contribution < -0.4 is 0 Å². The number of hydrogen-bond donors (Lipinski definition) is 0. The lowest BCUT2D eigenvalue weighted by Crippen LogP contribution is -2.43. The Balaban J connectivity index is 2.07. The van der Waals surface area contributed by atoms with Gasteiger partial charge < -0.3 is 4.90 Å². The van der Waals surface area contributed by atoms with Crippen LogP contribution in [0, 0.1) is 17.8 Å². The van der Waals surface area contributed by atoms with Gasteiger partial charge in [-0.15, -0.1) is 0 Å². The Hall–Kier alpha value is -0.530. The summed E-state index contributed by atoms with van der Waals surface area (Å²) in [7, 11) is 0. The lowest BCUT2D eigenvalue weighted by Gasteiger charge is -2.35. The molecule has 2 atom stereocenters. The predicted molar refractivity (Wildman–Crippen MR) is 47.6 cm³/mol. The molecule has 0 N–H and O–H groups in total. The van der Waals surface area contributed by atoms with Crippen molar-refractivity contribution in [2.45, 2.75) is 26.7 Å². The first-order chi connectivity index (χ1) is 5.68. The van der Waals surface area contributed by atoms with Crippen molar-refractivity contribution in [3.8, 4) is 0 Å². The third-order valence-corrected chi connectivity index (χ3v) is 3.75. The first kappa shape index (κ1) is 8.09. The number of likely N-dealkylation sites (tertiary alicyclic amines) is 1. The molecule has 0 aromatic rings. The summed E-state index contributed by atoms with van der Waals surface area (Å²) in [5, 5.41) is 0. The quantitative estimate of drug-likeness (QED) is 0.535. The summed E-state index contributed by atoms with van der Waals surface area (Å²) in [5.74, 6) is 2.72. The molecule has 2 fully saturated rings. The molecule has 2 nitrogen and oxygen atoms in total. The van der Waals surface area contributed by atoms with E-state index in [0.29, 0.717) is 0 Å². The van der Waals surface area contributed by atoms with Crippen LogP contribution in [0.4, 0.5) is 0 Å². The Labute approximate surface area is 73.9 Å². The van der Waals surface area contributed by atoms with E-state index in [9.17, 15) is 4.79 Å². The zero-order valence-corrected chi connectivity index (χ0v) is 7.92. The van der Waals surface area contributed by atoms with Crippen LogP contribution in [0.2, 0.25) is 0 Å². The van der Waals surface area contributed by atoms with Crippen LogP contribution in [0.15, 0.2) is 0 Å². The molecule has 2 bridgehead atoms. The number of fused-ring (bicyclic) bond motifs is 2. The van der Waals surface area contributed by atoms with Gasteiger partial charge in [0.15, 0.2) is 0 Å². The maximum absolute atomic E-state index is 11.2. The molecule has 0 spiro atoms. The molecule has 1 saturated heterocycles. The van der Waals surface area contributed by atoms with Gasteiger partial charge in [0.2, 0.25) is 5.91 Å². The zero-order valence-electron chi connectivity index (χ0n) is 7.92. The van der Waals surface area contributed by atoms with Gasteiger partial charge in [-0.05, 0) is 30.6 Å². The van der Waals surface area contributed by atoms with Crippen molar-refractivity contribution in [3.63, 3.8) is 0 Å². The fourth-order valence-electron chi connectivity index (χ4n) is 2.75. The highest BCUT2D eigenvalue weighted by Gasteiger charge is 2.39. The number of carbonyl (C=O) groups excluding carboxylic acids is 1. The van der Waals surface area contributed by atoms with E-state index < -0.39 is 0 Å². The highest BCUT2D eigenvalue weighted by molar-refractivity contribution is 5.73. The number of carbonyl (C=O) groups is 1. The van der Waals surface area contributed by atoms with Crippen molar-refractivity contribution in [1.82, 2.24) is 4.90 Å². The van der Waals surface area contributed by atoms with Crippen molar-refractivity contribution >= 4 is 5.91 Å². The second-order valence-corrected chi connectivity index (χ2v) is 4.38. The number of nitrogens with zero attached hydrogens (tertiary/aromatic N) is 1. The first-order valence-corrected chi connectivity index (χ1v) is 4.94. The summed E-state index contributed by atoms with van der Waals surface area (Å²) < 4.78 is 0. The van der Waals surface area contributed by atoms with Crippen LogP contribution in [0.25, 0.3) is 0 Å². The average molecular weight is 167 g/mol. The van der Waals surface area contributed by atoms with Gasteiger partial charge in [-0.2, -0.15) is 0 Å². The lowest BCUT2D eigenvalue weighted by molar-refractivity contribution is -0.131. The highest BCUT2D eigenvalue weighted by atomic mass is 16.2. The van der Waals surface area contributed by atoms with Crippen molar-refractivity contribution in [2.24, 2.45) is 17.8 Å². The molecule has 2 unspecified atom stereocenters. The molecule has 1 heterocycles. The molecular weight excluding hydrogens is 150 g/mol. The van der Waals surface area contributed by atoms with Crippen molar-refractivity contribution in [1.29, 1.82) is 0 Å². The van der Waals surface area contributed by atoms with Crippen molar-refractivity contribution in [2.75, 3.05) is 13.1 Å². The standard InChI is InChI=1S/C10H17NO/c1-7-9-3-4-10(7)6-11(5-9)8(2)12/h7,9-10H,3-6H2,1-2H3. The van der Waals surface area contributed by atoms with E-state index in [0.717, 1.165) is 30.8 Å². The van der Waals surface area contributed by atoms with E-state index >= 15 is 0 Å². The maximum atomic E-state index is 11.2. The van der Waals surface area contributed by atoms with Crippen LogP contribution in [0.3, 0.4) is 0 Å². The highest BCUT2D eigenvalue weighted by Crippen LogP contribution is 2.41. The Morgan fingerprint density at radius 1 is 1.25 bits per heavy atom. The topological polar surface area (TPSA) is 20.3 Å². The molecule has 1 amide bonds. The zero-order chi connectivity index (χ0) is 8.72. The van der Waals surface area contributed by atoms with Crippen molar-refractivity contribution < 1.29 is 4.79 Å². The average Bonchev–Trinajstić information content (AvgIpc) is 2.30. The van der Waals surface area contributed by atoms with E-state index in [1.54, 1.807) is 6.92 Å². The molecule has 0 aromatic carbocycles. The van der Waals surface area contributed by atoms with E-state index in [4.69, 9.17) is 0 Å². The number of hydrogen-bond acceptors (Lipinski definition) is 1. The van der Waals surface area contributed by atoms with E-state index in [2.05, 4.69) is 6.92 Å². The van der Waals surface area contributed by atoms with Crippen LogP contribution in [0.1, 0.15) is 26.7 Å². The maximum Gasteiger partial charge on any atom is 0.219 e. The SMILES string of the molecule is CC(=O)N1CC2CCC(C1)C2C. The minimum Gasteiger partial charge on any atom is -0.342 e. The van der Waals surface area contributed by atoms with Gasteiger partial charge in [0.25, 0.3) is 0 Å². The van der Waals surface area contributed by atoms with Crippen LogP contribution in [-0.2, 0) is 4.79 Å². The molecule has 1 aliphatic carbocycles. The lowest BCUT2D eigenvalue weighted by atomic mass is 9.87. The fourth-order valence-corrected chi connectivity index (χ4v) is 2.75. The smallest absolute Gasteiger partial charge is 0.219 e. The van der Waals surface area contributed by atoms with E-state index in [1.807, 2.05) is 4.90 Å². The first-order valence-electron chi connectivity index (χ1n) is 4.94. The second-order valence-electron chi connectivity index (χ2n) is 4.38. The Morgan fingerprint density at radius 3 is 2.17 bits per heavy atom. The summed E-state index contributed by atoms with van der Waals surface area (Å²) in [5.41, 5.74) is 0. The van der Waals surface area contributed by atoms with Crippen LogP contribution >= 0.6 is 0 Å². The van der Waals surface area contributed by atoms with Crippen molar-refractivity contribution in [3.05, 3.63) is 0 Å². The summed E-state index contributed by atoms with van der Waals surface area (Å²) >= 11 is 0. The largest absolute Gasteiger partial charge is 0.342 e. The summed E-state index contributed by atoms with van der Waals surface area (Å²) in [4.78, 5) is 13.2. The van der Waals surface area contributed by atoms with Gasteiger partial charge in [-0.25, -0.2) is 0 Å². The van der Waals surface area contributed by atoms with Gasteiger partial charge in [0, 0.05) is 20.0 Å². The molecule has 12 heavy (non-hydrogen) atoms. The molecule has 1 saturated carbocycles. The summed E-state index contributed by atoms with van der Waals surface area (Å²) in [6.07, 6.45) is 2.69. The molecule has 68 valence electrons. The van der Waals surface area contributed by atoms with Crippen LogP contribution in [-0.4, -0.2) is 23.9 Å². The monoisotopic (exact) mass is 167 g/mol. The molecule has 1 aliphatic heterocycles. The number of amides is 1. The van der Waals surface area contributed by atoms with E-state index in [-0.39, 0.29) is 5.91 Å². The molecule has 0 aromatic heterocycles. The molecule has 2 heteroatoms. The summed E-state index contributed by atoms with van der Waals surface area (Å²) in [6.45, 7) is 6.08. The number of piperidine rings is 1. The Morgan fingerprint density at radius 2 is 1.75 bits per heavy atom. The third-order valence-electron chi connectivity index (χ3n) is 3.75. The van der Waals surface area contributed by atoms with E-state index in [1.165, 1.54) is 12.8 Å². The van der Waals surface area contributed by atoms with Gasteiger partial charge in [0.05, 0.1) is 0 Å².